The number of halogens is 1. The Hall–Kier alpha value is -2.60. The van der Waals surface area contributed by atoms with Crippen LogP contribution in [0, 0.1) is 0 Å². The van der Waals surface area contributed by atoms with E-state index in [0.29, 0.717) is 22.9 Å². The number of anilines is 1. The molecule has 1 aliphatic heterocycles. The average molecular weight is 413 g/mol. The summed E-state index contributed by atoms with van der Waals surface area (Å²) in [7, 11) is 0. The zero-order chi connectivity index (χ0) is 18.1. The molecule has 6 heteroatoms. The van der Waals surface area contributed by atoms with Gasteiger partial charge >= 0.3 is 0 Å². The zero-order valence-electron chi connectivity index (χ0n) is 13.9. The number of nitrogens with one attached hydrogen (secondary N) is 2. The molecule has 0 radical (unpaired) electrons. The van der Waals surface area contributed by atoms with E-state index in [2.05, 4.69) is 26.6 Å². The van der Waals surface area contributed by atoms with Crippen molar-refractivity contribution in [1.82, 2.24) is 5.32 Å². The van der Waals surface area contributed by atoms with E-state index in [4.69, 9.17) is 4.74 Å². The van der Waals surface area contributed by atoms with Crippen LogP contribution >= 0.6 is 15.9 Å². The molecule has 0 bridgehead atoms. The Morgan fingerprint density at radius 1 is 1.04 bits per heavy atom. The predicted octanol–water partition coefficient (Wildman–Crippen LogP) is 3.76. The largest absolute Gasteiger partial charge is 0.488 e. The number of carbonyl (C=O) groups is 2. The lowest BCUT2D eigenvalue weighted by Crippen LogP contribution is -2.25. The van der Waals surface area contributed by atoms with Gasteiger partial charge in [0.25, 0.3) is 11.8 Å². The molecule has 1 fully saturated rings. The van der Waals surface area contributed by atoms with Gasteiger partial charge in [-0.25, -0.2) is 0 Å². The van der Waals surface area contributed by atoms with Gasteiger partial charge in [-0.1, -0.05) is 15.9 Å². The van der Waals surface area contributed by atoms with Crippen LogP contribution in [0.5, 0.6) is 5.75 Å². The Bertz CT molecular complexity index is 902. The summed E-state index contributed by atoms with van der Waals surface area (Å²) in [4.78, 5) is 24.5. The number of benzene rings is 2. The van der Waals surface area contributed by atoms with Crippen molar-refractivity contribution in [1.29, 1.82) is 0 Å². The van der Waals surface area contributed by atoms with Crippen LogP contribution in [0.4, 0.5) is 5.69 Å². The van der Waals surface area contributed by atoms with Gasteiger partial charge in [0.15, 0.2) is 0 Å². The maximum Gasteiger partial charge on any atom is 0.255 e. The monoisotopic (exact) mass is 412 g/mol. The van der Waals surface area contributed by atoms with E-state index < -0.39 is 0 Å². The molecule has 0 saturated heterocycles. The molecule has 1 heterocycles. The quantitative estimate of drug-likeness (QED) is 0.803. The molecule has 0 spiro atoms. The van der Waals surface area contributed by atoms with Crippen LogP contribution in [0.3, 0.4) is 0 Å². The maximum absolute atomic E-state index is 12.5. The highest BCUT2D eigenvalue weighted by atomic mass is 79.9. The summed E-state index contributed by atoms with van der Waals surface area (Å²) in [6.45, 7) is 0.225. The van der Waals surface area contributed by atoms with Gasteiger partial charge in [-0.3, -0.25) is 9.59 Å². The van der Waals surface area contributed by atoms with Crippen LogP contribution in [-0.2, 0) is 4.79 Å². The van der Waals surface area contributed by atoms with Gasteiger partial charge in [0.2, 0.25) is 0 Å². The summed E-state index contributed by atoms with van der Waals surface area (Å²) in [6.07, 6.45) is 3.93. The van der Waals surface area contributed by atoms with Crippen molar-refractivity contribution in [2.45, 2.75) is 18.9 Å². The van der Waals surface area contributed by atoms with E-state index in [1.54, 1.807) is 24.3 Å². The summed E-state index contributed by atoms with van der Waals surface area (Å²) in [5, 5.41) is 5.79. The van der Waals surface area contributed by atoms with Crippen LogP contribution < -0.4 is 15.4 Å². The van der Waals surface area contributed by atoms with Gasteiger partial charge < -0.3 is 15.4 Å². The van der Waals surface area contributed by atoms with E-state index in [0.717, 1.165) is 28.6 Å². The van der Waals surface area contributed by atoms with E-state index >= 15 is 0 Å². The minimum atomic E-state index is -0.217. The van der Waals surface area contributed by atoms with Crippen molar-refractivity contribution in [3.8, 4) is 5.75 Å². The Balaban J connectivity index is 1.44. The summed E-state index contributed by atoms with van der Waals surface area (Å²) < 4.78 is 6.57. The normalized spacial score (nSPS) is 15.3. The van der Waals surface area contributed by atoms with E-state index in [1.165, 1.54) is 0 Å². The van der Waals surface area contributed by atoms with Crippen molar-refractivity contribution >= 4 is 39.5 Å². The molecule has 26 heavy (non-hydrogen) atoms. The molecule has 0 aromatic heterocycles. The fraction of sp³-hybridized carbons (Fsp3) is 0.200. The first-order valence-corrected chi connectivity index (χ1v) is 9.23. The molecule has 5 nitrogen and oxygen atoms in total. The van der Waals surface area contributed by atoms with E-state index in [1.807, 2.05) is 24.3 Å². The molecule has 1 aliphatic carbocycles. The topological polar surface area (TPSA) is 67.4 Å². The molecule has 1 saturated carbocycles. The number of hydrogen-bond donors (Lipinski definition) is 2. The van der Waals surface area contributed by atoms with E-state index in [-0.39, 0.29) is 18.4 Å². The second kappa shape index (κ2) is 6.96. The molecule has 0 atom stereocenters. The molecule has 2 N–H and O–H groups in total. The Labute approximate surface area is 159 Å². The van der Waals surface area contributed by atoms with Crippen molar-refractivity contribution in [3.05, 3.63) is 63.6 Å². The number of carbonyl (C=O) groups excluding carboxylic acids is 2. The molecule has 4 rings (SSSR count). The van der Waals surface area contributed by atoms with Crippen molar-refractivity contribution < 1.29 is 14.3 Å². The first-order chi connectivity index (χ1) is 12.6. The number of ether oxygens (including phenoxy) is 1. The Morgan fingerprint density at radius 3 is 2.54 bits per heavy atom. The van der Waals surface area contributed by atoms with Gasteiger partial charge in [-0.05, 0) is 61.4 Å². The highest BCUT2D eigenvalue weighted by molar-refractivity contribution is 9.10. The lowest BCUT2D eigenvalue weighted by molar-refractivity contribution is -0.113. The summed E-state index contributed by atoms with van der Waals surface area (Å²) in [6, 6.07) is 12.9. The summed E-state index contributed by atoms with van der Waals surface area (Å²) in [5.74, 6) is 0.470. The average Bonchev–Trinajstić information content (AvgIpc) is 3.45. The maximum atomic E-state index is 12.5. The Kier molecular flexibility index (Phi) is 4.51. The van der Waals surface area contributed by atoms with Crippen LogP contribution in [-0.4, -0.2) is 24.5 Å². The minimum Gasteiger partial charge on any atom is -0.488 e. The molecule has 2 amide bonds. The third-order valence-corrected chi connectivity index (χ3v) is 4.79. The van der Waals surface area contributed by atoms with Gasteiger partial charge in [-0.2, -0.15) is 0 Å². The van der Waals surface area contributed by atoms with Crippen LogP contribution in [0.2, 0.25) is 0 Å². The van der Waals surface area contributed by atoms with Gasteiger partial charge in [0.05, 0.1) is 5.57 Å². The minimum absolute atomic E-state index is 0.0732. The lowest BCUT2D eigenvalue weighted by Gasteiger charge is -2.18. The molecule has 132 valence electrons. The SMILES string of the molecule is O=C(Nc1ccc(C(=O)NC2CC2)cc1)C1=Cc2cc(Br)ccc2OC1. The predicted molar refractivity (Wildman–Crippen MR) is 103 cm³/mol. The first-order valence-electron chi connectivity index (χ1n) is 8.44. The molecular weight excluding hydrogens is 396 g/mol. The third-order valence-electron chi connectivity index (χ3n) is 4.29. The standard InChI is InChI=1S/C20H17BrN2O3/c21-15-3-8-18-13(10-15)9-14(11-26-18)20(25)23-16-4-1-12(2-5-16)19(24)22-17-6-7-17/h1-5,8-10,17H,6-7,11H2,(H,22,24)(H,23,25). The van der Waals surface area contributed by atoms with Crippen LogP contribution in [0.15, 0.2) is 52.5 Å². The Morgan fingerprint density at radius 2 is 1.81 bits per heavy atom. The van der Waals surface area contributed by atoms with Crippen molar-refractivity contribution in [2.75, 3.05) is 11.9 Å². The second-order valence-electron chi connectivity index (χ2n) is 6.42. The smallest absolute Gasteiger partial charge is 0.255 e. The van der Waals surface area contributed by atoms with Crippen LogP contribution in [0.1, 0.15) is 28.8 Å². The zero-order valence-corrected chi connectivity index (χ0v) is 15.5. The molecule has 2 aliphatic rings. The van der Waals surface area contributed by atoms with Crippen molar-refractivity contribution in [2.24, 2.45) is 0 Å². The molecule has 2 aromatic rings. The van der Waals surface area contributed by atoms with Crippen molar-refractivity contribution in [3.63, 3.8) is 0 Å². The number of amides is 2. The number of rotatable bonds is 4. The number of hydrogen-bond acceptors (Lipinski definition) is 3. The van der Waals surface area contributed by atoms with Crippen LogP contribution in [0.25, 0.3) is 6.08 Å². The van der Waals surface area contributed by atoms with E-state index in [9.17, 15) is 9.59 Å². The van der Waals surface area contributed by atoms with Gasteiger partial charge in [0.1, 0.15) is 12.4 Å². The first kappa shape index (κ1) is 16.8. The highest BCUT2D eigenvalue weighted by Crippen LogP contribution is 2.29. The number of fused-ring (bicyclic) bond motifs is 1. The highest BCUT2D eigenvalue weighted by Gasteiger charge is 2.23. The summed E-state index contributed by atoms with van der Waals surface area (Å²) in [5.41, 5.74) is 2.64. The molecular formula is C20H17BrN2O3. The summed E-state index contributed by atoms with van der Waals surface area (Å²) >= 11 is 3.42. The molecule has 0 unspecified atom stereocenters. The van der Waals surface area contributed by atoms with Gasteiger partial charge in [-0.15, -0.1) is 0 Å². The second-order valence-corrected chi connectivity index (χ2v) is 7.34. The fourth-order valence-corrected chi connectivity index (χ4v) is 3.07. The molecule has 2 aromatic carbocycles. The fourth-order valence-electron chi connectivity index (χ4n) is 2.69. The van der Waals surface area contributed by atoms with Gasteiger partial charge in [0, 0.05) is 27.3 Å². The lowest BCUT2D eigenvalue weighted by atomic mass is 10.1. The third kappa shape index (κ3) is 3.80.